The normalized spacial score (nSPS) is 12.7. The lowest BCUT2D eigenvalue weighted by Crippen LogP contribution is -2.07. The molecule has 162 valence electrons. The number of aromatic nitrogens is 2. The number of nitrogens with zero attached hydrogens (tertiary/aromatic N) is 2. The largest absolute Gasteiger partial charge is 0.478 e. The number of carbonyl (C=O) groups is 1. The molecule has 2 rings (SSSR count). The van der Waals surface area contributed by atoms with Gasteiger partial charge >= 0.3 is 5.97 Å². The quantitative estimate of drug-likeness (QED) is 0.275. The van der Waals surface area contributed by atoms with E-state index in [0.29, 0.717) is 5.82 Å². The van der Waals surface area contributed by atoms with Gasteiger partial charge in [-0.15, -0.1) is 0 Å². The first-order valence-electron chi connectivity index (χ1n) is 11.5. The highest BCUT2D eigenvalue weighted by Gasteiger charge is 2.17. The number of unbranched alkanes of at least 4 members (excludes halogenated alkanes) is 6. The smallest absolute Gasteiger partial charge is 0.339 e. The van der Waals surface area contributed by atoms with Gasteiger partial charge in [0.15, 0.2) is 5.82 Å². The summed E-state index contributed by atoms with van der Waals surface area (Å²) in [6.07, 6.45) is 17.1. The molecular weight excluding hydrogens is 372 g/mol. The monoisotopic (exact) mass is 408 g/mol. The van der Waals surface area contributed by atoms with Gasteiger partial charge in [-0.1, -0.05) is 95.2 Å². The van der Waals surface area contributed by atoms with Crippen LogP contribution in [0.4, 0.5) is 0 Å². The molecule has 30 heavy (non-hydrogen) atoms. The van der Waals surface area contributed by atoms with Crippen LogP contribution in [0.2, 0.25) is 0 Å². The standard InChI is InChI=1S/C26H36N2O2/c1-3-5-6-7-8-9-11-15-21-19-27-25(28-20-21)24(26(29)30)18-23(14-4-2)22-16-12-10-13-17-22/h10,12-13,16-20,23H,3-9,11,14-15H2,1-2H3,(H,29,30)/b24-18+. The Morgan fingerprint density at radius 2 is 1.57 bits per heavy atom. The molecule has 0 bridgehead atoms. The summed E-state index contributed by atoms with van der Waals surface area (Å²) < 4.78 is 0. The fourth-order valence-electron chi connectivity index (χ4n) is 3.71. The molecule has 1 aromatic heterocycles. The Bertz CT molecular complexity index is 769. The summed E-state index contributed by atoms with van der Waals surface area (Å²) in [5, 5.41) is 9.77. The zero-order valence-corrected chi connectivity index (χ0v) is 18.5. The van der Waals surface area contributed by atoms with Gasteiger partial charge in [-0.25, -0.2) is 14.8 Å². The molecule has 0 spiro atoms. The third kappa shape index (κ3) is 8.10. The fraction of sp³-hybridized carbons (Fsp3) is 0.500. The number of hydrogen-bond acceptors (Lipinski definition) is 3. The third-order valence-electron chi connectivity index (χ3n) is 5.44. The molecule has 2 aromatic rings. The van der Waals surface area contributed by atoms with Crippen molar-refractivity contribution in [3.8, 4) is 0 Å². The van der Waals surface area contributed by atoms with E-state index in [4.69, 9.17) is 0 Å². The van der Waals surface area contributed by atoms with Crippen LogP contribution in [0.1, 0.15) is 94.5 Å². The van der Waals surface area contributed by atoms with Gasteiger partial charge in [0.2, 0.25) is 0 Å². The average molecular weight is 409 g/mol. The van der Waals surface area contributed by atoms with Gasteiger partial charge in [-0.05, 0) is 30.4 Å². The number of benzene rings is 1. The maximum absolute atomic E-state index is 11.9. The van der Waals surface area contributed by atoms with Crippen molar-refractivity contribution in [1.82, 2.24) is 9.97 Å². The van der Waals surface area contributed by atoms with Crippen LogP contribution in [0.15, 0.2) is 48.8 Å². The van der Waals surface area contributed by atoms with E-state index < -0.39 is 5.97 Å². The summed E-state index contributed by atoms with van der Waals surface area (Å²) in [4.78, 5) is 20.7. The molecule has 0 saturated heterocycles. The van der Waals surface area contributed by atoms with E-state index in [0.717, 1.165) is 36.8 Å². The Labute approximate surface area is 181 Å². The van der Waals surface area contributed by atoms with Crippen LogP contribution in [0.5, 0.6) is 0 Å². The number of allylic oxidation sites excluding steroid dienone is 1. The van der Waals surface area contributed by atoms with E-state index in [1.165, 1.54) is 38.5 Å². The first-order valence-corrected chi connectivity index (χ1v) is 11.5. The first kappa shape index (κ1) is 23.8. The molecule has 0 saturated carbocycles. The molecule has 0 amide bonds. The fourth-order valence-corrected chi connectivity index (χ4v) is 3.71. The SMILES string of the molecule is CCCCCCCCCc1cnc(/C(=C\C(CCC)c2ccccc2)C(=O)O)nc1. The molecule has 1 heterocycles. The lowest BCUT2D eigenvalue weighted by molar-refractivity contribution is -0.130. The molecule has 0 radical (unpaired) electrons. The molecule has 4 heteroatoms. The van der Waals surface area contributed by atoms with E-state index in [1.807, 2.05) is 36.4 Å². The third-order valence-corrected chi connectivity index (χ3v) is 5.44. The highest BCUT2D eigenvalue weighted by Crippen LogP contribution is 2.26. The van der Waals surface area contributed by atoms with Gasteiger partial charge in [0.05, 0.1) is 0 Å². The Kier molecular flexibility index (Phi) is 10.8. The van der Waals surface area contributed by atoms with Crippen molar-refractivity contribution < 1.29 is 9.90 Å². The summed E-state index contributed by atoms with van der Waals surface area (Å²) in [5.74, 6) is -0.645. The molecular formula is C26H36N2O2. The maximum atomic E-state index is 11.9. The van der Waals surface area contributed by atoms with E-state index in [9.17, 15) is 9.90 Å². The minimum absolute atomic E-state index is 0.0401. The molecule has 0 aliphatic carbocycles. The average Bonchev–Trinajstić information content (AvgIpc) is 2.77. The van der Waals surface area contributed by atoms with E-state index >= 15 is 0 Å². The van der Waals surface area contributed by atoms with Gasteiger partial charge in [-0.2, -0.15) is 0 Å². The van der Waals surface area contributed by atoms with Gasteiger partial charge in [0.1, 0.15) is 5.57 Å². The van der Waals surface area contributed by atoms with Crippen LogP contribution in [0.25, 0.3) is 5.57 Å². The van der Waals surface area contributed by atoms with Crippen molar-refractivity contribution in [2.45, 2.75) is 84.0 Å². The summed E-state index contributed by atoms with van der Waals surface area (Å²) in [5.41, 5.74) is 2.37. The lowest BCUT2D eigenvalue weighted by atomic mass is 9.92. The van der Waals surface area contributed by atoms with Crippen molar-refractivity contribution in [1.29, 1.82) is 0 Å². The molecule has 0 aliphatic heterocycles. The summed E-state index contributed by atoms with van der Waals surface area (Å²) in [6.45, 7) is 4.35. The van der Waals surface area contributed by atoms with Crippen LogP contribution in [0, 0.1) is 0 Å². The second-order valence-electron chi connectivity index (χ2n) is 7.98. The number of aliphatic carboxylic acids is 1. The second kappa shape index (κ2) is 13.7. The molecule has 0 aliphatic rings. The second-order valence-corrected chi connectivity index (χ2v) is 7.98. The van der Waals surface area contributed by atoms with Crippen LogP contribution < -0.4 is 0 Å². The summed E-state index contributed by atoms with van der Waals surface area (Å²) >= 11 is 0. The van der Waals surface area contributed by atoms with Gasteiger partial charge in [0.25, 0.3) is 0 Å². The van der Waals surface area contributed by atoms with Crippen LogP contribution in [-0.2, 0) is 11.2 Å². The summed E-state index contributed by atoms with van der Waals surface area (Å²) in [7, 11) is 0. The number of rotatable bonds is 14. The molecule has 0 fully saturated rings. The number of hydrogen-bond donors (Lipinski definition) is 1. The molecule has 1 aromatic carbocycles. The molecule has 1 N–H and O–H groups in total. The minimum Gasteiger partial charge on any atom is -0.478 e. The van der Waals surface area contributed by atoms with Crippen LogP contribution in [-0.4, -0.2) is 21.0 Å². The van der Waals surface area contributed by atoms with Crippen LogP contribution >= 0.6 is 0 Å². The Morgan fingerprint density at radius 3 is 2.17 bits per heavy atom. The number of carboxylic acid groups (broad SMARTS) is 1. The minimum atomic E-state index is -0.980. The highest BCUT2D eigenvalue weighted by molar-refractivity contribution is 6.14. The zero-order valence-electron chi connectivity index (χ0n) is 18.5. The van der Waals surface area contributed by atoms with Crippen molar-refractivity contribution >= 4 is 11.5 Å². The predicted octanol–water partition coefficient (Wildman–Crippen LogP) is 6.82. The van der Waals surface area contributed by atoms with E-state index in [1.54, 1.807) is 12.4 Å². The Hall–Kier alpha value is -2.49. The Morgan fingerprint density at radius 1 is 0.933 bits per heavy atom. The van der Waals surface area contributed by atoms with Crippen molar-refractivity contribution in [2.24, 2.45) is 0 Å². The van der Waals surface area contributed by atoms with E-state index in [-0.39, 0.29) is 11.5 Å². The highest BCUT2D eigenvalue weighted by atomic mass is 16.4. The van der Waals surface area contributed by atoms with E-state index in [2.05, 4.69) is 23.8 Å². The van der Waals surface area contributed by atoms with Crippen molar-refractivity contribution in [2.75, 3.05) is 0 Å². The maximum Gasteiger partial charge on any atom is 0.339 e. The predicted molar refractivity (Wildman–Crippen MR) is 123 cm³/mol. The van der Waals surface area contributed by atoms with Crippen molar-refractivity contribution in [3.05, 3.63) is 65.8 Å². The number of aryl methyl sites for hydroxylation is 1. The molecule has 1 unspecified atom stereocenters. The first-order chi connectivity index (χ1) is 14.7. The van der Waals surface area contributed by atoms with Gasteiger partial charge in [0, 0.05) is 18.3 Å². The van der Waals surface area contributed by atoms with Crippen molar-refractivity contribution in [3.63, 3.8) is 0 Å². The lowest BCUT2D eigenvalue weighted by Gasteiger charge is -2.14. The topological polar surface area (TPSA) is 63.1 Å². The summed E-state index contributed by atoms with van der Waals surface area (Å²) in [6, 6.07) is 10.0. The molecule has 1 atom stereocenters. The molecule has 4 nitrogen and oxygen atoms in total. The van der Waals surface area contributed by atoms with Gasteiger partial charge < -0.3 is 5.11 Å². The van der Waals surface area contributed by atoms with Crippen LogP contribution in [0.3, 0.4) is 0 Å². The number of carboxylic acids is 1. The zero-order chi connectivity index (χ0) is 21.6. The Balaban J connectivity index is 2.02. The van der Waals surface area contributed by atoms with Gasteiger partial charge in [-0.3, -0.25) is 0 Å².